The van der Waals surface area contributed by atoms with Crippen LogP contribution < -0.4 is 0 Å². The van der Waals surface area contributed by atoms with E-state index < -0.39 is 17.7 Å². The monoisotopic (exact) mass is 238 g/mol. The van der Waals surface area contributed by atoms with Crippen LogP contribution in [0.5, 0.6) is 0 Å². The summed E-state index contributed by atoms with van der Waals surface area (Å²) in [6.07, 6.45) is -0.429. The highest BCUT2D eigenvalue weighted by Crippen LogP contribution is 2.23. The molecule has 1 N–H and O–H groups in total. The van der Waals surface area contributed by atoms with E-state index in [9.17, 15) is 4.79 Å². The summed E-state index contributed by atoms with van der Waals surface area (Å²) >= 11 is 0. The Morgan fingerprint density at radius 3 is 2.41 bits per heavy atom. The first kappa shape index (κ1) is 13.7. The first-order valence-corrected chi connectivity index (χ1v) is 5.48. The largest absolute Gasteiger partial charge is 0.478 e. The Labute approximate surface area is 101 Å². The molecule has 0 radical (unpaired) electrons. The molecule has 0 aliphatic carbocycles. The van der Waals surface area contributed by atoms with Crippen LogP contribution in [0.25, 0.3) is 0 Å². The zero-order chi connectivity index (χ0) is 13.1. The second kappa shape index (κ2) is 5.29. The molecule has 4 nitrogen and oxygen atoms in total. The lowest BCUT2D eigenvalue weighted by molar-refractivity contribution is -0.372. The number of carbonyl (C=O) groups is 1. The van der Waals surface area contributed by atoms with Gasteiger partial charge in [-0.25, -0.2) is 14.6 Å². The zero-order valence-electron chi connectivity index (χ0n) is 10.6. The Kier molecular flexibility index (Phi) is 4.26. The van der Waals surface area contributed by atoms with Gasteiger partial charge in [0.2, 0.25) is 0 Å². The van der Waals surface area contributed by atoms with Crippen LogP contribution in [0.1, 0.15) is 49.7 Å². The molecule has 0 aliphatic rings. The summed E-state index contributed by atoms with van der Waals surface area (Å²) in [6.45, 7) is 7.35. The topological polar surface area (TPSA) is 55.8 Å². The minimum absolute atomic E-state index is 0.234. The van der Waals surface area contributed by atoms with Crippen molar-refractivity contribution < 1.29 is 19.7 Å². The number of aromatic carboxylic acids is 1. The van der Waals surface area contributed by atoms with Gasteiger partial charge in [0.25, 0.3) is 0 Å². The standard InChI is InChI=1S/C13H18O4/c1-9(16-17-13(2,3)4)10-7-5-6-8-11(10)12(14)15/h5-9H,1-4H3,(H,14,15). The lowest BCUT2D eigenvalue weighted by Crippen LogP contribution is -2.21. The zero-order valence-corrected chi connectivity index (χ0v) is 10.6. The average molecular weight is 238 g/mol. The molecule has 0 amide bonds. The van der Waals surface area contributed by atoms with Gasteiger partial charge in [-0.1, -0.05) is 18.2 Å². The van der Waals surface area contributed by atoms with Gasteiger partial charge in [-0.15, -0.1) is 0 Å². The molecule has 1 aromatic rings. The van der Waals surface area contributed by atoms with E-state index >= 15 is 0 Å². The lowest BCUT2D eigenvalue weighted by Gasteiger charge is -2.22. The Hall–Kier alpha value is -1.39. The van der Waals surface area contributed by atoms with Crippen LogP contribution in [0.3, 0.4) is 0 Å². The van der Waals surface area contributed by atoms with Crippen molar-refractivity contribution in [2.24, 2.45) is 0 Å². The van der Waals surface area contributed by atoms with E-state index in [1.807, 2.05) is 20.8 Å². The van der Waals surface area contributed by atoms with E-state index in [1.165, 1.54) is 0 Å². The molecular formula is C13H18O4. The molecule has 0 aliphatic heterocycles. The maximum absolute atomic E-state index is 11.0. The second-order valence-electron chi connectivity index (χ2n) is 4.83. The maximum atomic E-state index is 11.0. The van der Waals surface area contributed by atoms with Gasteiger partial charge in [0, 0.05) is 0 Å². The molecule has 0 heterocycles. The molecule has 0 aromatic heterocycles. The van der Waals surface area contributed by atoms with Crippen molar-refractivity contribution in [3.8, 4) is 0 Å². The highest BCUT2D eigenvalue weighted by Gasteiger charge is 2.19. The predicted molar refractivity (Wildman–Crippen MR) is 63.7 cm³/mol. The SMILES string of the molecule is CC(OOC(C)(C)C)c1ccccc1C(=O)O. The van der Waals surface area contributed by atoms with E-state index in [0.29, 0.717) is 5.56 Å². The fourth-order valence-electron chi connectivity index (χ4n) is 1.31. The molecule has 0 fully saturated rings. The minimum Gasteiger partial charge on any atom is -0.478 e. The molecule has 1 rings (SSSR count). The van der Waals surface area contributed by atoms with Crippen molar-refractivity contribution in [3.05, 3.63) is 35.4 Å². The van der Waals surface area contributed by atoms with Crippen molar-refractivity contribution >= 4 is 5.97 Å². The summed E-state index contributed by atoms with van der Waals surface area (Å²) in [5.41, 5.74) is 0.411. The third kappa shape index (κ3) is 4.17. The Morgan fingerprint density at radius 2 is 1.88 bits per heavy atom. The predicted octanol–water partition coefficient (Wildman–Crippen LogP) is 3.19. The van der Waals surface area contributed by atoms with E-state index in [2.05, 4.69) is 0 Å². The lowest BCUT2D eigenvalue weighted by atomic mass is 10.0. The van der Waals surface area contributed by atoms with Crippen LogP contribution >= 0.6 is 0 Å². The molecule has 1 atom stereocenters. The van der Waals surface area contributed by atoms with Gasteiger partial charge in [0.15, 0.2) is 0 Å². The van der Waals surface area contributed by atoms with Gasteiger partial charge in [-0.2, -0.15) is 0 Å². The minimum atomic E-state index is -0.966. The van der Waals surface area contributed by atoms with Crippen molar-refractivity contribution in [2.75, 3.05) is 0 Å². The highest BCUT2D eigenvalue weighted by molar-refractivity contribution is 5.89. The quantitative estimate of drug-likeness (QED) is 0.646. The van der Waals surface area contributed by atoms with Crippen LogP contribution in [0, 0.1) is 0 Å². The fraction of sp³-hybridized carbons (Fsp3) is 0.462. The molecule has 0 saturated carbocycles. The molecule has 4 heteroatoms. The van der Waals surface area contributed by atoms with Crippen molar-refractivity contribution in [1.29, 1.82) is 0 Å². The summed E-state index contributed by atoms with van der Waals surface area (Å²) in [4.78, 5) is 21.4. The molecular weight excluding hydrogens is 220 g/mol. The van der Waals surface area contributed by atoms with Gasteiger partial charge < -0.3 is 5.11 Å². The van der Waals surface area contributed by atoms with Crippen LogP contribution in [-0.4, -0.2) is 16.7 Å². The highest BCUT2D eigenvalue weighted by atomic mass is 17.2. The average Bonchev–Trinajstić information content (AvgIpc) is 2.25. The molecule has 0 bridgehead atoms. The number of carboxylic acids is 1. The van der Waals surface area contributed by atoms with Crippen LogP contribution in [-0.2, 0) is 9.78 Å². The Bertz CT molecular complexity index is 393. The van der Waals surface area contributed by atoms with E-state index in [1.54, 1.807) is 31.2 Å². The first-order valence-electron chi connectivity index (χ1n) is 5.48. The summed E-state index contributed by atoms with van der Waals surface area (Å²) in [6, 6.07) is 6.73. The van der Waals surface area contributed by atoms with E-state index in [0.717, 1.165) is 0 Å². The number of rotatable bonds is 4. The third-order valence-corrected chi connectivity index (χ3v) is 2.07. The van der Waals surface area contributed by atoms with Gasteiger partial charge in [-0.05, 0) is 39.3 Å². The number of benzene rings is 1. The third-order valence-electron chi connectivity index (χ3n) is 2.07. The van der Waals surface area contributed by atoms with Gasteiger partial charge in [0.1, 0.15) is 6.10 Å². The first-order chi connectivity index (χ1) is 7.81. The number of hydrogen-bond donors (Lipinski definition) is 1. The normalized spacial score (nSPS) is 13.4. The molecule has 0 saturated heterocycles. The molecule has 17 heavy (non-hydrogen) atoms. The molecule has 1 aromatic carbocycles. The van der Waals surface area contributed by atoms with E-state index in [4.69, 9.17) is 14.9 Å². The summed E-state index contributed by atoms with van der Waals surface area (Å²) < 4.78 is 0. The summed E-state index contributed by atoms with van der Waals surface area (Å²) in [5.74, 6) is -0.966. The molecule has 0 spiro atoms. The van der Waals surface area contributed by atoms with Crippen LogP contribution in [0.2, 0.25) is 0 Å². The number of hydrogen-bond acceptors (Lipinski definition) is 3. The second-order valence-corrected chi connectivity index (χ2v) is 4.83. The fourth-order valence-corrected chi connectivity index (χ4v) is 1.31. The van der Waals surface area contributed by atoms with Gasteiger partial charge >= 0.3 is 5.97 Å². The molecule has 94 valence electrons. The van der Waals surface area contributed by atoms with Crippen molar-refractivity contribution in [1.82, 2.24) is 0 Å². The number of carboxylic acid groups (broad SMARTS) is 1. The summed E-state index contributed by atoms with van der Waals surface area (Å²) in [7, 11) is 0. The van der Waals surface area contributed by atoms with Crippen molar-refractivity contribution in [3.63, 3.8) is 0 Å². The Balaban J connectivity index is 2.82. The van der Waals surface area contributed by atoms with Crippen LogP contribution in [0.15, 0.2) is 24.3 Å². The molecule has 1 unspecified atom stereocenters. The maximum Gasteiger partial charge on any atom is 0.336 e. The van der Waals surface area contributed by atoms with Crippen LogP contribution in [0.4, 0.5) is 0 Å². The van der Waals surface area contributed by atoms with Crippen molar-refractivity contribution in [2.45, 2.75) is 39.4 Å². The summed E-state index contributed by atoms with van der Waals surface area (Å²) in [5, 5.41) is 9.05. The Morgan fingerprint density at radius 1 is 1.29 bits per heavy atom. The smallest absolute Gasteiger partial charge is 0.336 e. The van der Waals surface area contributed by atoms with E-state index in [-0.39, 0.29) is 5.56 Å². The van der Waals surface area contributed by atoms with Gasteiger partial charge in [-0.3, -0.25) is 0 Å². The van der Waals surface area contributed by atoms with Gasteiger partial charge in [0.05, 0.1) is 11.2 Å².